The number of carbonyl (C=O) groups excluding carboxylic acids is 2. The maximum absolute atomic E-state index is 13.1. The summed E-state index contributed by atoms with van der Waals surface area (Å²) in [5.74, 6) is 0.306. The molecule has 0 bridgehead atoms. The Balaban J connectivity index is 1.65. The maximum atomic E-state index is 13.1. The van der Waals surface area contributed by atoms with E-state index in [0.29, 0.717) is 29.5 Å². The Morgan fingerprint density at radius 3 is 2.91 bits per heavy atom. The van der Waals surface area contributed by atoms with E-state index < -0.39 is 12.1 Å². The predicted octanol–water partition coefficient (Wildman–Crippen LogP) is 1.78. The van der Waals surface area contributed by atoms with Gasteiger partial charge in [-0.05, 0) is 18.4 Å². The highest BCUT2D eigenvalue weighted by molar-refractivity contribution is 6.30. The molecule has 3 N–H and O–H groups in total. The third-order valence-electron chi connectivity index (χ3n) is 5.11. The summed E-state index contributed by atoms with van der Waals surface area (Å²) in [4.78, 5) is 27.3. The molecule has 3 atom stereocenters. The molecule has 32 heavy (non-hydrogen) atoms. The van der Waals surface area contributed by atoms with Gasteiger partial charge < -0.3 is 25.2 Å². The molecule has 1 aromatic rings. The number of aliphatic hydroxyl groups is 2. The van der Waals surface area contributed by atoms with E-state index in [2.05, 4.69) is 10.4 Å². The summed E-state index contributed by atoms with van der Waals surface area (Å²) in [6, 6.07) is 0.892. The standard InChI is InChI=1S/C22H29ClN4O5/c1-14(2)9-18(22(31)24-20-7-8-26(25-20)11-15(29)13-28)27-12-16(10-21(27)30)32-19-6-4-3-5-17(19)23/h3-5,7-8,10,14-15,18-19,28-29H,6,9,11-13H2,1-2H3,(H,24,25,31)/t15-,18+,19?/m1/s1. The van der Waals surface area contributed by atoms with Gasteiger partial charge in [0.25, 0.3) is 5.91 Å². The van der Waals surface area contributed by atoms with Crippen molar-refractivity contribution in [3.8, 4) is 0 Å². The van der Waals surface area contributed by atoms with Crippen molar-refractivity contribution >= 4 is 29.2 Å². The average Bonchev–Trinajstić information content (AvgIpc) is 3.33. The number of allylic oxidation sites excluding steroid dienone is 2. The lowest BCUT2D eigenvalue weighted by Gasteiger charge is -2.28. The van der Waals surface area contributed by atoms with Gasteiger partial charge in [0.05, 0.1) is 30.8 Å². The number of hydrogen-bond acceptors (Lipinski definition) is 6. The van der Waals surface area contributed by atoms with Crippen LogP contribution in [-0.2, 0) is 20.9 Å². The van der Waals surface area contributed by atoms with E-state index in [-0.39, 0.29) is 43.5 Å². The van der Waals surface area contributed by atoms with Gasteiger partial charge in [-0.3, -0.25) is 14.3 Å². The van der Waals surface area contributed by atoms with Crippen LogP contribution in [0.1, 0.15) is 26.7 Å². The SMILES string of the molecule is CC(C)C[C@@H](C(=O)Nc1ccn(C[C@@H](O)CO)n1)N1CC(OC2CC=CC=C2Cl)=CC1=O. The van der Waals surface area contributed by atoms with E-state index >= 15 is 0 Å². The third-order valence-corrected chi connectivity index (χ3v) is 5.48. The lowest BCUT2D eigenvalue weighted by atomic mass is 10.0. The molecule has 1 unspecified atom stereocenters. The summed E-state index contributed by atoms with van der Waals surface area (Å²) in [6.07, 6.45) is 8.37. The molecule has 2 aliphatic rings. The van der Waals surface area contributed by atoms with Gasteiger partial charge in [0.15, 0.2) is 5.82 Å². The van der Waals surface area contributed by atoms with Crippen LogP contribution in [0.2, 0.25) is 0 Å². The topological polar surface area (TPSA) is 117 Å². The Bertz CT molecular complexity index is 923. The molecule has 9 nitrogen and oxygen atoms in total. The second-order valence-electron chi connectivity index (χ2n) is 8.29. The molecule has 1 aliphatic carbocycles. The number of aromatic nitrogens is 2. The van der Waals surface area contributed by atoms with Crippen LogP contribution in [0.3, 0.4) is 0 Å². The van der Waals surface area contributed by atoms with E-state index in [1.54, 1.807) is 18.3 Å². The zero-order chi connectivity index (χ0) is 23.3. The highest BCUT2D eigenvalue weighted by atomic mass is 35.5. The van der Waals surface area contributed by atoms with Crippen LogP contribution in [0.5, 0.6) is 0 Å². The molecule has 0 radical (unpaired) electrons. The summed E-state index contributed by atoms with van der Waals surface area (Å²) in [7, 11) is 0. The molecule has 0 spiro atoms. The summed E-state index contributed by atoms with van der Waals surface area (Å²) in [6.45, 7) is 3.87. The van der Waals surface area contributed by atoms with Crippen molar-refractivity contribution in [3.05, 3.63) is 47.4 Å². The predicted molar refractivity (Wildman–Crippen MR) is 120 cm³/mol. The van der Waals surface area contributed by atoms with Gasteiger partial charge >= 0.3 is 0 Å². The van der Waals surface area contributed by atoms with E-state index in [1.165, 1.54) is 15.7 Å². The van der Waals surface area contributed by atoms with Crippen molar-refractivity contribution in [2.45, 2.75) is 51.5 Å². The normalized spacial score (nSPS) is 20.2. The minimum Gasteiger partial charge on any atom is -0.487 e. The summed E-state index contributed by atoms with van der Waals surface area (Å²) >= 11 is 6.21. The Hall–Kier alpha value is -2.62. The quantitative estimate of drug-likeness (QED) is 0.486. The first-order valence-electron chi connectivity index (χ1n) is 10.6. The van der Waals surface area contributed by atoms with Gasteiger partial charge in [0, 0.05) is 24.8 Å². The van der Waals surface area contributed by atoms with Gasteiger partial charge in [-0.15, -0.1) is 0 Å². The Morgan fingerprint density at radius 2 is 2.22 bits per heavy atom. The molecule has 3 rings (SSSR count). The van der Waals surface area contributed by atoms with Crippen molar-refractivity contribution in [1.29, 1.82) is 0 Å². The van der Waals surface area contributed by atoms with Crippen molar-refractivity contribution < 1.29 is 24.5 Å². The zero-order valence-corrected chi connectivity index (χ0v) is 18.9. The summed E-state index contributed by atoms with van der Waals surface area (Å²) in [5, 5.41) is 26.0. The molecule has 0 saturated carbocycles. The van der Waals surface area contributed by atoms with Crippen LogP contribution < -0.4 is 5.32 Å². The molecular weight excluding hydrogens is 436 g/mol. The van der Waals surface area contributed by atoms with E-state index in [1.807, 2.05) is 26.0 Å². The van der Waals surface area contributed by atoms with Gasteiger partial charge in [-0.25, -0.2) is 0 Å². The molecule has 0 fully saturated rings. The van der Waals surface area contributed by atoms with Gasteiger partial charge in [-0.1, -0.05) is 37.6 Å². The number of carbonyl (C=O) groups is 2. The maximum Gasteiger partial charge on any atom is 0.251 e. The lowest BCUT2D eigenvalue weighted by Crippen LogP contribution is -2.46. The largest absolute Gasteiger partial charge is 0.487 e. The molecule has 0 aromatic carbocycles. The minimum atomic E-state index is -0.943. The third kappa shape index (κ3) is 6.21. The molecule has 1 aromatic heterocycles. The van der Waals surface area contributed by atoms with Gasteiger partial charge in [-0.2, -0.15) is 5.10 Å². The van der Waals surface area contributed by atoms with Gasteiger partial charge in [0.1, 0.15) is 17.9 Å². The number of hydrogen-bond donors (Lipinski definition) is 3. The van der Waals surface area contributed by atoms with Crippen molar-refractivity contribution in [2.75, 3.05) is 18.5 Å². The number of halogens is 1. The molecule has 174 valence electrons. The van der Waals surface area contributed by atoms with Crippen molar-refractivity contribution in [2.24, 2.45) is 5.92 Å². The van der Waals surface area contributed by atoms with Crippen LogP contribution in [0, 0.1) is 5.92 Å². The number of aliphatic hydroxyl groups excluding tert-OH is 2. The van der Waals surface area contributed by atoms with Crippen molar-refractivity contribution in [3.63, 3.8) is 0 Å². The second kappa shape index (κ2) is 10.8. The van der Waals surface area contributed by atoms with Crippen LogP contribution in [0.15, 0.2) is 47.4 Å². The first kappa shape index (κ1) is 24.0. The fourth-order valence-corrected chi connectivity index (χ4v) is 3.76. The number of anilines is 1. The monoisotopic (exact) mass is 464 g/mol. The van der Waals surface area contributed by atoms with Crippen molar-refractivity contribution in [1.82, 2.24) is 14.7 Å². The van der Waals surface area contributed by atoms with Crippen LogP contribution in [0.4, 0.5) is 5.82 Å². The minimum absolute atomic E-state index is 0.102. The molecule has 10 heteroatoms. The first-order chi connectivity index (χ1) is 15.3. The second-order valence-corrected chi connectivity index (χ2v) is 8.73. The fraction of sp³-hybridized carbons (Fsp3) is 0.500. The van der Waals surface area contributed by atoms with E-state index in [4.69, 9.17) is 21.4 Å². The van der Waals surface area contributed by atoms with Gasteiger partial charge in [0.2, 0.25) is 5.91 Å². The average molecular weight is 465 g/mol. The lowest BCUT2D eigenvalue weighted by molar-refractivity contribution is -0.134. The highest BCUT2D eigenvalue weighted by Gasteiger charge is 2.35. The number of ether oxygens (including phenoxy) is 1. The summed E-state index contributed by atoms with van der Waals surface area (Å²) in [5.41, 5.74) is 0. The highest BCUT2D eigenvalue weighted by Crippen LogP contribution is 2.27. The Labute approximate surface area is 192 Å². The number of amides is 2. The molecule has 1 aliphatic heterocycles. The number of nitrogens with zero attached hydrogens (tertiary/aromatic N) is 3. The number of rotatable bonds is 10. The first-order valence-corrected chi connectivity index (χ1v) is 11.0. The molecule has 2 heterocycles. The van der Waals surface area contributed by atoms with E-state index in [9.17, 15) is 14.7 Å². The van der Waals surface area contributed by atoms with E-state index in [0.717, 1.165) is 0 Å². The van der Waals surface area contributed by atoms with Crippen LogP contribution in [0.25, 0.3) is 0 Å². The molecule has 0 saturated heterocycles. The summed E-state index contributed by atoms with van der Waals surface area (Å²) < 4.78 is 7.35. The molecule has 2 amide bonds. The smallest absolute Gasteiger partial charge is 0.251 e. The number of nitrogens with one attached hydrogen (secondary N) is 1. The molecular formula is C22H29ClN4O5. The zero-order valence-electron chi connectivity index (χ0n) is 18.1. The van der Waals surface area contributed by atoms with Crippen LogP contribution in [-0.4, -0.2) is 68.1 Å². The Kier molecular flexibility index (Phi) is 8.11. The van der Waals surface area contributed by atoms with Crippen LogP contribution >= 0.6 is 11.6 Å². The fourth-order valence-electron chi connectivity index (χ4n) is 3.55. The Morgan fingerprint density at radius 1 is 1.44 bits per heavy atom.